The van der Waals surface area contributed by atoms with Crippen molar-refractivity contribution >= 4 is 21.2 Å². The van der Waals surface area contributed by atoms with E-state index in [1.165, 1.54) is 12.1 Å². The highest BCUT2D eigenvalue weighted by atomic mass is 32.2. The van der Waals surface area contributed by atoms with E-state index >= 15 is 0 Å². The number of benzene rings is 2. The maximum atomic E-state index is 12.4. The lowest BCUT2D eigenvalue weighted by atomic mass is 10.2. The van der Waals surface area contributed by atoms with E-state index < -0.39 is 20.5 Å². The van der Waals surface area contributed by atoms with Crippen molar-refractivity contribution in [2.24, 2.45) is 0 Å². The fourth-order valence-electron chi connectivity index (χ4n) is 1.76. The lowest BCUT2D eigenvalue weighted by Crippen LogP contribution is -2.11. The van der Waals surface area contributed by atoms with Crippen LogP contribution in [0.1, 0.15) is 5.56 Å². The molecule has 2 rings (SSSR count). The zero-order valence-corrected chi connectivity index (χ0v) is 11.8. The third-order valence-electron chi connectivity index (χ3n) is 2.96. The molecule has 0 bridgehead atoms. The number of alkyl halides is 2. The molecule has 0 fully saturated rings. The minimum absolute atomic E-state index is 0.401. The maximum absolute atomic E-state index is 12.4. The average Bonchev–Trinajstić information content (AvgIpc) is 2.46. The van der Waals surface area contributed by atoms with Crippen molar-refractivity contribution in [1.82, 2.24) is 0 Å². The molecule has 112 valence electrons. The van der Waals surface area contributed by atoms with Gasteiger partial charge in [-0.2, -0.15) is 8.78 Å². The van der Waals surface area contributed by atoms with Crippen LogP contribution in [-0.2, 0) is 16.4 Å². The molecule has 0 aliphatic heterocycles. The third kappa shape index (κ3) is 3.49. The van der Waals surface area contributed by atoms with E-state index in [0.29, 0.717) is 17.9 Å². The molecule has 0 radical (unpaired) electrons. The largest absolute Gasteiger partial charge is 0.398 e. The van der Waals surface area contributed by atoms with Gasteiger partial charge in [0.25, 0.3) is 0 Å². The van der Waals surface area contributed by atoms with E-state index in [2.05, 4.69) is 5.32 Å². The van der Waals surface area contributed by atoms with Gasteiger partial charge < -0.3 is 11.1 Å². The number of halogens is 2. The summed E-state index contributed by atoms with van der Waals surface area (Å²) in [5, 5.41) is 3.05. The third-order valence-corrected chi connectivity index (χ3v) is 4.35. The van der Waals surface area contributed by atoms with Gasteiger partial charge in [0.15, 0.2) is 0 Å². The lowest BCUT2D eigenvalue weighted by Gasteiger charge is -2.09. The number of nitrogens with one attached hydrogen (secondary N) is 1. The summed E-state index contributed by atoms with van der Waals surface area (Å²) in [4.78, 5) is -0.401. The Morgan fingerprint density at radius 2 is 1.67 bits per heavy atom. The van der Waals surface area contributed by atoms with Crippen LogP contribution in [0.25, 0.3) is 0 Å². The first-order valence-corrected chi connectivity index (χ1v) is 7.65. The molecule has 0 aliphatic carbocycles. The smallest absolute Gasteiger partial charge is 0.341 e. The standard InChI is InChI=1S/C14H14F2N2O2S/c15-14(16)21(19,20)12-7-5-11(6-8-12)18-9-10-3-1-2-4-13(10)17/h1-8,14,18H,9,17H2. The van der Waals surface area contributed by atoms with Crippen LogP contribution in [0.2, 0.25) is 0 Å². The van der Waals surface area contributed by atoms with Crippen molar-refractivity contribution in [3.8, 4) is 0 Å². The van der Waals surface area contributed by atoms with E-state index in [-0.39, 0.29) is 0 Å². The Bertz CT molecular complexity index is 716. The Balaban J connectivity index is 2.09. The second-order valence-electron chi connectivity index (χ2n) is 4.38. The topological polar surface area (TPSA) is 72.2 Å². The fourth-order valence-corrected chi connectivity index (χ4v) is 2.48. The predicted molar refractivity (Wildman–Crippen MR) is 77.8 cm³/mol. The highest BCUT2D eigenvalue weighted by molar-refractivity contribution is 7.91. The van der Waals surface area contributed by atoms with Gasteiger partial charge in [-0.25, -0.2) is 8.42 Å². The molecule has 0 heterocycles. The minimum Gasteiger partial charge on any atom is -0.398 e. The summed E-state index contributed by atoms with van der Waals surface area (Å²) in [7, 11) is -4.55. The Kier molecular flexibility index (Phi) is 4.42. The van der Waals surface area contributed by atoms with Gasteiger partial charge in [-0.15, -0.1) is 0 Å². The summed E-state index contributed by atoms with van der Waals surface area (Å²) in [5.74, 6) is -3.42. The zero-order chi connectivity index (χ0) is 15.5. The second-order valence-corrected chi connectivity index (χ2v) is 6.30. The number of rotatable bonds is 5. The first-order valence-electron chi connectivity index (χ1n) is 6.10. The van der Waals surface area contributed by atoms with Crippen LogP contribution < -0.4 is 11.1 Å². The van der Waals surface area contributed by atoms with E-state index in [1.54, 1.807) is 6.07 Å². The van der Waals surface area contributed by atoms with Gasteiger partial charge in [-0.1, -0.05) is 18.2 Å². The zero-order valence-electron chi connectivity index (χ0n) is 11.0. The van der Waals surface area contributed by atoms with Crippen LogP contribution in [0.3, 0.4) is 0 Å². The van der Waals surface area contributed by atoms with Crippen LogP contribution in [0, 0.1) is 0 Å². The first-order chi connectivity index (χ1) is 9.91. The molecule has 0 aromatic heterocycles. The number of hydrogen-bond donors (Lipinski definition) is 2. The van der Waals surface area contributed by atoms with Gasteiger partial charge in [0.1, 0.15) is 0 Å². The summed E-state index contributed by atoms with van der Waals surface area (Å²) < 4.78 is 47.4. The molecular weight excluding hydrogens is 298 g/mol. The molecule has 0 amide bonds. The molecular formula is C14H14F2N2O2S. The maximum Gasteiger partial charge on any atom is 0.341 e. The Labute approximate surface area is 121 Å². The second kappa shape index (κ2) is 6.09. The predicted octanol–water partition coefficient (Wildman–Crippen LogP) is 2.88. The molecule has 0 spiro atoms. The Morgan fingerprint density at radius 1 is 1.05 bits per heavy atom. The molecule has 0 unspecified atom stereocenters. The van der Waals surface area contributed by atoms with Gasteiger partial charge in [0.2, 0.25) is 9.84 Å². The summed E-state index contributed by atoms with van der Waals surface area (Å²) in [6.07, 6.45) is 0. The molecule has 2 aromatic carbocycles. The Morgan fingerprint density at radius 3 is 2.24 bits per heavy atom. The first kappa shape index (κ1) is 15.2. The average molecular weight is 312 g/mol. The minimum atomic E-state index is -4.55. The quantitative estimate of drug-likeness (QED) is 0.833. The van der Waals surface area contributed by atoms with Gasteiger partial charge in [0.05, 0.1) is 4.90 Å². The number of nitrogens with two attached hydrogens (primary N) is 1. The molecule has 21 heavy (non-hydrogen) atoms. The number of nitrogen functional groups attached to an aromatic ring is 1. The van der Waals surface area contributed by atoms with Crippen molar-refractivity contribution in [2.75, 3.05) is 11.1 Å². The SMILES string of the molecule is Nc1ccccc1CNc1ccc(S(=O)(=O)C(F)F)cc1. The molecule has 4 nitrogen and oxygen atoms in total. The molecule has 0 aliphatic rings. The van der Waals surface area contributed by atoms with E-state index in [9.17, 15) is 17.2 Å². The van der Waals surface area contributed by atoms with Crippen molar-refractivity contribution in [3.63, 3.8) is 0 Å². The monoisotopic (exact) mass is 312 g/mol. The van der Waals surface area contributed by atoms with Gasteiger partial charge in [-0.05, 0) is 35.9 Å². The molecule has 0 atom stereocenters. The summed E-state index contributed by atoms with van der Waals surface area (Å²) in [6, 6.07) is 12.5. The summed E-state index contributed by atoms with van der Waals surface area (Å²) in [6.45, 7) is 0.452. The van der Waals surface area contributed by atoms with Crippen LogP contribution in [-0.4, -0.2) is 14.2 Å². The van der Waals surface area contributed by atoms with Gasteiger partial charge in [-0.3, -0.25) is 0 Å². The number of hydrogen-bond acceptors (Lipinski definition) is 4. The van der Waals surface area contributed by atoms with Crippen LogP contribution in [0.4, 0.5) is 20.2 Å². The highest BCUT2D eigenvalue weighted by Gasteiger charge is 2.26. The van der Waals surface area contributed by atoms with Crippen molar-refractivity contribution in [2.45, 2.75) is 17.2 Å². The number of para-hydroxylation sites is 1. The number of sulfone groups is 1. The molecule has 3 N–H and O–H groups in total. The highest BCUT2D eigenvalue weighted by Crippen LogP contribution is 2.21. The molecule has 0 saturated carbocycles. The van der Waals surface area contributed by atoms with Crippen LogP contribution >= 0.6 is 0 Å². The van der Waals surface area contributed by atoms with Crippen LogP contribution in [0.15, 0.2) is 53.4 Å². The fraction of sp³-hybridized carbons (Fsp3) is 0.143. The lowest BCUT2D eigenvalue weighted by molar-refractivity contribution is 0.234. The molecule has 7 heteroatoms. The van der Waals surface area contributed by atoms with Crippen molar-refractivity contribution < 1.29 is 17.2 Å². The van der Waals surface area contributed by atoms with Crippen molar-refractivity contribution in [1.29, 1.82) is 0 Å². The van der Waals surface area contributed by atoms with E-state index in [0.717, 1.165) is 17.7 Å². The molecule has 2 aromatic rings. The Hall–Kier alpha value is -2.15. The number of anilines is 2. The van der Waals surface area contributed by atoms with Crippen molar-refractivity contribution in [3.05, 3.63) is 54.1 Å². The van der Waals surface area contributed by atoms with E-state index in [4.69, 9.17) is 5.73 Å². The molecule has 0 saturated heterocycles. The van der Waals surface area contributed by atoms with Crippen LogP contribution in [0.5, 0.6) is 0 Å². The van der Waals surface area contributed by atoms with E-state index in [1.807, 2.05) is 18.2 Å². The summed E-state index contributed by atoms with van der Waals surface area (Å²) >= 11 is 0. The van der Waals surface area contributed by atoms with Gasteiger partial charge >= 0.3 is 5.76 Å². The van der Waals surface area contributed by atoms with Gasteiger partial charge in [0, 0.05) is 17.9 Å². The normalized spacial score (nSPS) is 11.6. The summed E-state index contributed by atoms with van der Waals surface area (Å²) in [5.41, 5.74) is 7.94.